The number of hydroxylamine groups is 2. The van der Waals surface area contributed by atoms with Crippen molar-refractivity contribution in [3.8, 4) is 5.75 Å². The van der Waals surface area contributed by atoms with E-state index in [2.05, 4.69) is 16.6 Å². The normalized spacial score (nSPS) is 12.5. The van der Waals surface area contributed by atoms with Gasteiger partial charge in [0.1, 0.15) is 11.8 Å². The van der Waals surface area contributed by atoms with Crippen LogP contribution in [-0.2, 0) is 19.1 Å². The first-order valence-electron chi connectivity index (χ1n) is 9.71. The molecule has 0 aliphatic rings. The van der Waals surface area contributed by atoms with Crippen LogP contribution in [0.4, 0.5) is 0 Å². The first-order chi connectivity index (χ1) is 14.2. The molecule has 0 aromatic heterocycles. The molecule has 0 radical (unpaired) electrons. The van der Waals surface area contributed by atoms with E-state index in [0.29, 0.717) is 17.0 Å². The molecule has 0 aliphatic heterocycles. The number of hydrogen-bond acceptors (Lipinski definition) is 7. The molecule has 0 saturated carbocycles. The number of aliphatic carboxylic acids is 1. The van der Waals surface area contributed by atoms with Gasteiger partial charge in [-0.1, -0.05) is 27.4 Å². The lowest BCUT2D eigenvalue weighted by Gasteiger charge is -2.45. The summed E-state index contributed by atoms with van der Waals surface area (Å²) in [5.74, 6) is -2.40. The van der Waals surface area contributed by atoms with Crippen molar-refractivity contribution in [1.29, 1.82) is 0 Å². The van der Waals surface area contributed by atoms with E-state index in [4.69, 9.17) is 9.84 Å². The Bertz CT molecular complexity index is 810. The van der Waals surface area contributed by atoms with Crippen molar-refractivity contribution in [3.05, 3.63) is 36.4 Å². The number of hydrogen-bond donors (Lipinski definition) is 3. The van der Waals surface area contributed by atoms with E-state index in [-0.39, 0.29) is 5.41 Å². The van der Waals surface area contributed by atoms with Gasteiger partial charge < -0.3 is 19.9 Å². The highest BCUT2D eigenvalue weighted by Gasteiger charge is 2.39. The smallest absolute Gasteiger partial charge is 0.328 e. The Kier molecular flexibility index (Phi) is 8.63. The largest absolute Gasteiger partial charge is 0.484 e. The lowest BCUT2D eigenvalue weighted by molar-refractivity contribution is -0.149. The van der Waals surface area contributed by atoms with Gasteiger partial charge >= 0.3 is 11.9 Å². The van der Waals surface area contributed by atoms with Crippen LogP contribution in [0.3, 0.4) is 0 Å². The van der Waals surface area contributed by atoms with Crippen molar-refractivity contribution < 1.29 is 34.2 Å². The summed E-state index contributed by atoms with van der Waals surface area (Å²) in [5, 5.41) is 22.9. The van der Waals surface area contributed by atoms with E-state index in [1.54, 1.807) is 24.3 Å². The van der Waals surface area contributed by atoms with Crippen molar-refractivity contribution in [2.75, 3.05) is 13.7 Å². The highest BCUT2D eigenvalue weighted by molar-refractivity contribution is 5.88. The third-order valence-corrected chi connectivity index (χ3v) is 5.38. The fourth-order valence-corrected chi connectivity index (χ4v) is 2.42. The minimum absolute atomic E-state index is 0.218. The topological polar surface area (TPSA) is 125 Å². The summed E-state index contributed by atoms with van der Waals surface area (Å²) in [6.45, 7) is 13.4. The second kappa shape index (κ2) is 10.3. The molecule has 3 N–H and O–H groups in total. The van der Waals surface area contributed by atoms with E-state index in [1.807, 2.05) is 34.6 Å². The Morgan fingerprint density at radius 1 is 1.13 bits per heavy atom. The predicted molar refractivity (Wildman–Crippen MR) is 114 cm³/mol. The average molecular weight is 437 g/mol. The Balaban J connectivity index is 2.74. The van der Waals surface area contributed by atoms with Gasteiger partial charge in [-0.2, -0.15) is 0 Å². The van der Waals surface area contributed by atoms with Gasteiger partial charge in [-0.25, -0.2) is 4.79 Å². The Hall–Kier alpha value is -3.07. The van der Waals surface area contributed by atoms with Crippen LogP contribution in [0.5, 0.6) is 5.75 Å². The molecule has 0 spiro atoms. The number of nitrogens with one attached hydrogen (secondary N) is 1. The lowest BCUT2D eigenvalue weighted by Crippen LogP contribution is -2.50. The summed E-state index contributed by atoms with van der Waals surface area (Å²) in [6.07, 6.45) is -0.599. The molecule has 31 heavy (non-hydrogen) atoms. The molecular weight excluding hydrogens is 404 g/mol. The quantitative estimate of drug-likeness (QED) is 0.378. The number of carboxylic acids is 1. The van der Waals surface area contributed by atoms with Crippen LogP contribution in [-0.4, -0.2) is 58.5 Å². The highest BCUT2D eigenvalue weighted by atomic mass is 16.5. The van der Waals surface area contributed by atoms with Gasteiger partial charge in [-0.15, -0.1) is 0 Å². The van der Waals surface area contributed by atoms with Crippen molar-refractivity contribution in [2.24, 2.45) is 5.41 Å². The molecule has 0 aliphatic carbocycles. The summed E-state index contributed by atoms with van der Waals surface area (Å²) >= 11 is 0. The number of esters is 1. The van der Waals surface area contributed by atoms with Gasteiger partial charge in [-0.3, -0.25) is 19.9 Å². The maximum atomic E-state index is 12.0. The molecule has 172 valence electrons. The van der Waals surface area contributed by atoms with Crippen LogP contribution in [0.1, 0.15) is 46.6 Å². The minimum atomic E-state index is -1.30. The van der Waals surface area contributed by atoms with Gasteiger partial charge in [0.2, 0.25) is 0 Å². The van der Waals surface area contributed by atoms with Crippen LogP contribution in [0.2, 0.25) is 0 Å². The molecule has 0 heterocycles. The van der Waals surface area contributed by atoms with Crippen molar-refractivity contribution >= 4 is 23.5 Å². The van der Waals surface area contributed by atoms with E-state index in [0.717, 1.165) is 12.2 Å². The molecule has 1 aromatic carbocycles. The molecule has 1 rings (SSSR count). The molecule has 0 saturated heterocycles. The van der Waals surface area contributed by atoms with Crippen molar-refractivity contribution in [1.82, 2.24) is 10.4 Å². The number of amides is 1. The second-order valence-corrected chi connectivity index (χ2v) is 8.62. The number of nitrogens with zero attached hydrogens (tertiary/aromatic N) is 1. The lowest BCUT2D eigenvalue weighted by atomic mass is 9.75. The molecule has 0 bridgehead atoms. The maximum absolute atomic E-state index is 12.0. The molecule has 1 amide bonds. The summed E-state index contributed by atoms with van der Waals surface area (Å²) in [6, 6.07) is 5.31. The first kappa shape index (κ1) is 26.0. The summed E-state index contributed by atoms with van der Waals surface area (Å²) < 4.78 is 9.87. The maximum Gasteiger partial charge on any atom is 0.328 e. The standard InChI is InChI=1S/C22H32N2O7/c1-14(24(29)22(5,6)21(2,3)4)15-8-10-16(11-9-15)31-13-18(25)23-17(12-19(26)27)20(28)30-7/h8-11,17,29H,1,12-13H2,2-7H3,(H,23,25)(H,26,27)/t17-/m0/s1. The number of ether oxygens (including phenoxy) is 2. The second-order valence-electron chi connectivity index (χ2n) is 8.62. The number of carbonyl (C=O) groups excluding carboxylic acids is 2. The number of carbonyl (C=O) groups is 3. The monoisotopic (exact) mass is 436 g/mol. The van der Waals surface area contributed by atoms with Crippen molar-refractivity contribution in [2.45, 2.75) is 52.6 Å². The van der Waals surface area contributed by atoms with E-state index in [1.165, 1.54) is 0 Å². The van der Waals surface area contributed by atoms with Gasteiger partial charge in [-0.05, 0) is 49.1 Å². The van der Waals surface area contributed by atoms with Crippen LogP contribution >= 0.6 is 0 Å². The molecule has 9 nitrogen and oxygen atoms in total. The summed E-state index contributed by atoms with van der Waals surface area (Å²) in [5.41, 5.74) is 0.287. The molecule has 9 heteroatoms. The summed E-state index contributed by atoms with van der Waals surface area (Å²) in [7, 11) is 1.10. The zero-order valence-corrected chi connectivity index (χ0v) is 18.9. The summed E-state index contributed by atoms with van der Waals surface area (Å²) in [4.78, 5) is 34.4. The van der Waals surface area contributed by atoms with Gasteiger partial charge in [0.05, 0.1) is 24.8 Å². The molecule has 0 unspecified atom stereocenters. The third-order valence-electron chi connectivity index (χ3n) is 5.38. The highest BCUT2D eigenvalue weighted by Crippen LogP contribution is 2.38. The van der Waals surface area contributed by atoms with Crippen molar-refractivity contribution in [3.63, 3.8) is 0 Å². The number of rotatable bonds is 10. The number of carboxylic acid groups (broad SMARTS) is 1. The minimum Gasteiger partial charge on any atom is -0.484 e. The third kappa shape index (κ3) is 6.99. The number of benzene rings is 1. The Morgan fingerprint density at radius 2 is 1.68 bits per heavy atom. The molecule has 0 fully saturated rings. The van der Waals surface area contributed by atoms with Gasteiger partial charge in [0.15, 0.2) is 6.61 Å². The van der Waals surface area contributed by atoms with Crippen LogP contribution in [0, 0.1) is 5.41 Å². The Labute approximate surface area is 182 Å². The van der Waals surface area contributed by atoms with Gasteiger partial charge in [0.25, 0.3) is 5.91 Å². The fourth-order valence-electron chi connectivity index (χ4n) is 2.42. The van der Waals surface area contributed by atoms with Crippen LogP contribution < -0.4 is 10.1 Å². The molecule has 1 aromatic rings. The van der Waals surface area contributed by atoms with Crippen LogP contribution in [0.15, 0.2) is 30.8 Å². The van der Waals surface area contributed by atoms with E-state index < -0.39 is 42.5 Å². The first-order valence-corrected chi connectivity index (χ1v) is 9.71. The van der Waals surface area contributed by atoms with E-state index >= 15 is 0 Å². The molecular formula is C22H32N2O7. The number of methoxy groups -OCH3 is 1. The average Bonchev–Trinajstić information content (AvgIpc) is 2.69. The molecule has 1 atom stereocenters. The zero-order chi connectivity index (χ0) is 24.0. The van der Waals surface area contributed by atoms with E-state index in [9.17, 15) is 19.6 Å². The predicted octanol–water partition coefficient (Wildman–Crippen LogP) is 2.68. The zero-order valence-electron chi connectivity index (χ0n) is 18.9. The Morgan fingerprint density at radius 3 is 2.13 bits per heavy atom. The van der Waals surface area contributed by atoms with Gasteiger partial charge in [0, 0.05) is 0 Å². The SMILES string of the molecule is C=C(c1ccc(OCC(=O)N[C@@H](CC(=O)O)C(=O)OC)cc1)N(O)C(C)(C)C(C)(C)C. The van der Waals surface area contributed by atoms with Crippen LogP contribution in [0.25, 0.3) is 5.70 Å². The fraction of sp³-hybridized carbons (Fsp3) is 0.500.